The lowest BCUT2D eigenvalue weighted by molar-refractivity contribution is 1.19. The first-order chi connectivity index (χ1) is 29.2. The highest BCUT2D eigenvalue weighted by molar-refractivity contribution is 7.26. The van der Waals surface area contributed by atoms with Gasteiger partial charge in [-0.3, -0.25) is 0 Å². The molecule has 0 N–H and O–H groups in total. The zero-order valence-corrected chi connectivity index (χ0v) is 32.6. The van der Waals surface area contributed by atoms with Gasteiger partial charge in [-0.1, -0.05) is 170 Å². The van der Waals surface area contributed by atoms with Crippen LogP contribution in [0.3, 0.4) is 0 Å². The quantitative estimate of drug-likeness (QED) is 0.164. The van der Waals surface area contributed by atoms with Gasteiger partial charge in [-0.05, 0) is 57.4 Å². The van der Waals surface area contributed by atoms with E-state index < -0.39 is 0 Å². The molecule has 0 aliphatic rings. The van der Waals surface area contributed by atoms with Gasteiger partial charge in [0.1, 0.15) is 0 Å². The fourth-order valence-electron chi connectivity index (χ4n) is 8.80. The molecule has 3 heterocycles. The summed E-state index contributed by atoms with van der Waals surface area (Å²) in [5.41, 5.74) is 9.79. The molecule has 0 saturated heterocycles. The summed E-state index contributed by atoms with van der Waals surface area (Å²) >= 11 is 1.87. The van der Waals surface area contributed by atoms with Crippen LogP contribution in [-0.2, 0) is 0 Å². The number of hydrogen-bond donors (Lipinski definition) is 0. The number of hydrogen-bond acceptors (Lipinski definition) is 4. The number of pyridine rings is 1. The van der Waals surface area contributed by atoms with Gasteiger partial charge in [-0.25, -0.2) is 15.0 Å². The van der Waals surface area contributed by atoms with E-state index in [0.717, 1.165) is 72.1 Å². The van der Waals surface area contributed by atoms with Gasteiger partial charge in [0.05, 0.1) is 22.6 Å². The van der Waals surface area contributed by atoms with E-state index in [1.54, 1.807) is 0 Å². The Morgan fingerprint density at radius 3 is 1.61 bits per heavy atom. The zero-order valence-electron chi connectivity index (χ0n) is 31.8. The Bertz CT molecular complexity index is 3520. The summed E-state index contributed by atoms with van der Waals surface area (Å²) in [6.45, 7) is 0. The number of para-hydroxylation sites is 1. The maximum Gasteiger partial charge on any atom is 0.160 e. The van der Waals surface area contributed by atoms with E-state index in [2.05, 4.69) is 194 Å². The molecular formula is C55H33N3S. The maximum absolute atomic E-state index is 5.47. The van der Waals surface area contributed by atoms with Gasteiger partial charge in [0.2, 0.25) is 0 Å². The number of fused-ring (bicyclic) bond motifs is 9. The minimum atomic E-state index is 0.686. The molecule has 4 heteroatoms. The summed E-state index contributed by atoms with van der Waals surface area (Å²) in [6, 6.07) is 71.4. The Labute approximate surface area is 344 Å². The highest BCUT2D eigenvalue weighted by atomic mass is 32.1. The summed E-state index contributed by atoms with van der Waals surface area (Å²) in [5.74, 6) is 0.686. The molecule has 0 radical (unpaired) electrons. The molecule has 274 valence electrons. The molecule has 0 aliphatic carbocycles. The molecule has 12 aromatic rings. The Balaban J connectivity index is 1.16. The Morgan fingerprint density at radius 1 is 0.322 bits per heavy atom. The smallest absolute Gasteiger partial charge is 0.160 e. The van der Waals surface area contributed by atoms with Crippen LogP contribution in [0.5, 0.6) is 0 Å². The summed E-state index contributed by atoms with van der Waals surface area (Å²) in [4.78, 5) is 16.4. The molecule has 0 saturated carbocycles. The molecule has 0 spiro atoms. The summed E-state index contributed by atoms with van der Waals surface area (Å²) < 4.78 is 2.59. The highest BCUT2D eigenvalue weighted by Gasteiger charge is 2.22. The second-order valence-electron chi connectivity index (χ2n) is 15.1. The standard InChI is InChI=1S/C55H33N3S/c1-2-15-36(16-3-1)55-57-52(41-27-25-34-13-4-6-17-37(34)31-41)49(53(58-55)42-28-26-35-14-5-7-18-38(35)32-42)39-19-12-20-40(33-39)51-46-30-29-44-43-21-9-11-24-48(43)59-54(44)50(46)45-22-8-10-23-47(45)56-51/h1-33H. The lowest BCUT2D eigenvalue weighted by Crippen LogP contribution is -2.01. The van der Waals surface area contributed by atoms with E-state index in [0.29, 0.717) is 5.82 Å². The molecule has 0 bridgehead atoms. The van der Waals surface area contributed by atoms with Crippen LogP contribution in [0.1, 0.15) is 0 Å². The lowest BCUT2D eigenvalue weighted by atomic mass is 9.90. The van der Waals surface area contributed by atoms with Crippen LogP contribution in [0, 0.1) is 0 Å². The van der Waals surface area contributed by atoms with Gasteiger partial charge < -0.3 is 0 Å². The third kappa shape index (κ3) is 5.60. The van der Waals surface area contributed by atoms with Crippen molar-refractivity contribution in [1.82, 2.24) is 15.0 Å². The van der Waals surface area contributed by atoms with Gasteiger partial charge in [0.25, 0.3) is 0 Å². The molecule has 0 amide bonds. The second kappa shape index (κ2) is 13.6. The minimum absolute atomic E-state index is 0.686. The monoisotopic (exact) mass is 767 g/mol. The van der Waals surface area contributed by atoms with Crippen LogP contribution in [-0.4, -0.2) is 15.0 Å². The largest absolute Gasteiger partial charge is 0.247 e. The Morgan fingerprint density at radius 2 is 0.881 bits per heavy atom. The van der Waals surface area contributed by atoms with E-state index in [4.69, 9.17) is 15.0 Å². The first-order valence-corrected chi connectivity index (χ1v) is 20.7. The van der Waals surface area contributed by atoms with Crippen LogP contribution in [0.4, 0.5) is 0 Å². The molecule has 12 rings (SSSR count). The lowest BCUT2D eigenvalue weighted by Gasteiger charge is -2.18. The zero-order chi connectivity index (χ0) is 38.9. The van der Waals surface area contributed by atoms with Gasteiger partial charge in [0.15, 0.2) is 5.82 Å². The molecule has 0 aliphatic heterocycles. The van der Waals surface area contributed by atoms with Gasteiger partial charge in [-0.2, -0.15) is 0 Å². The number of nitrogens with zero attached hydrogens (tertiary/aromatic N) is 3. The van der Waals surface area contributed by atoms with Gasteiger partial charge >= 0.3 is 0 Å². The predicted octanol–water partition coefficient (Wildman–Crippen LogP) is 15.2. The summed E-state index contributed by atoms with van der Waals surface area (Å²) in [5, 5.41) is 10.8. The molecule has 59 heavy (non-hydrogen) atoms. The van der Waals surface area contributed by atoms with Crippen LogP contribution >= 0.6 is 11.3 Å². The molecular weight excluding hydrogens is 735 g/mol. The van der Waals surface area contributed by atoms with Gasteiger partial charge in [-0.15, -0.1) is 11.3 Å². The average Bonchev–Trinajstić information content (AvgIpc) is 3.70. The van der Waals surface area contributed by atoms with Crippen molar-refractivity contribution in [3.63, 3.8) is 0 Å². The van der Waals surface area contributed by atoms with Crippen LogP contribution in [0.2, 0.25) is 0 Å². The van der Waals surface area contributed by atoms with Crippen molar-refractivity contribution in [2.24, 2.45) is 0 Å². The average molecular weight is 768 g/mol. The minimum Gasteiger partial charge on any atom is -0.247 e. The van der Waals surface area contributed by atoms with E-state index >= 15 is 0 Å². The first-order valence-electron chi connectivity index (χ1n) is 19.9. The van der Waals surface area contributed by atoms with E-state index in [9.17, 15) is 0 Å². The van der Waals surface area contributed by atoms with E-state index in [-0.39, 0.29) is 0 Å². The molecule has 9 aromatic carbocycles. The van der Waals surface area contributed by atoms with Crippen molar-refractivity contribution >= 4 is 74.7 Å². The van der Waals surface area contributed by atoms with Gasteiger partial charge in [0, 0.05) is 64.1 Å². The third-order valence-corrected chi connectivity index (χ3v) is 12.8. The van der Waals surface area contributed by atoms with Crippen LogP contribution in [0.25, 0.3) is 120 Å². The van der Waals surface area contributed by atoms with Crippen LogP contribution < -0.4 is 0 Å². The van der Waals surface area contributed by atoms with E-state index in [1.807, 2.05) is 17.4 Å². The second-order valence-corrected chi connectivity index (χ2v) is 16.2. The van der Waals surface area contributed by atoms with Crippen molar-refractivity contribution in [3.05, 3.63) is 200 Å². The first kappa shape index (κ1) is 33.6. The van der Waals surface area contributed by atoms with Crippen molar-refractivity contribution < 1.29 is 0 Å². The fourth-order valence-corrected chi connectivity index (χ4v) is 10.1. The summed E-state index contributed by atoms with van der Waals surface area (Å²) in [7, 11) is 0. The van der Waals surface area contributed by atoms with Crippen molar-refractivity contribution in [3.8, 4) is 56.3 Å². The topological polar surface area (TPSA) is 38.7 Å². The normalized spacial score (nSPS) is 11.7. The number of aromatic nitrogens is 3. The molecule has 0 unspecified atom stereocenters. The molecule has 0 fully saturated rings. The number of rotatable bonds is 5. The maximum atomic E-state index is 5.47. The predicted molar refractivity (Wildman–Crippen MR) is 250 cm³/mol. The SMILES string of the molecule is c1ccc(-c2nc(-c3ccc4ccccc4c3)c(-c3cccc(-c4nc5ccccc5c5c4ccc4c6ccccc6sc45)c3)c(-c3ccc4ccccc4c3)n2)cc1. The summed E-state index contributed by atoms with van der Waals surface area (Å²) in [6.07, 6.45) is 0. The molecule has 3 nitrogen and oxygen atoms in total. The van der Waals surface area contributed by atoms with E-state index in [1.165, 1.54) is 41.7 Å². The molecule has 3 aromatic heterocycles. The van der Waals surface area contributed by atoms with Crippen molar-refractivity contribution in [2.45, 2.75) is 0 Å². The Kier molecular flexibility index (Phi) is 7.72. The third-order valence-electron chi connectivity index (χ3n) is 11.6. The van der Waals surface area contributed by atoms with Crippen molar-refractivity contribution in [1.29, 1.82) is 0 Å². The highest BCUT2D eigenvalue weighted by Crippen LogP contribution is 2.45. The Hall–Kier alpha value is -7.53. The molecule has 0 atom stereocenters. The van der Waals surface area contributed by atoms with Crippen molar-refractivity contribution in [2.75, 3.05) is 0 Å². The number of benzene rings is 9. The fraction of sp³-hybridized carbons (Fsp3) is 0. The van der Waals surface area contributed by atoms with Crippen LogP contribution in [0.15, 0.2) is 200 Å². The number of thiophene rings is 1.